The molecule has 5 nitrogen and oxygen atoms in total. The van der Waals surface area contributed by atoms with E-state index in [0.717, 1.165) is 37.0 Å². The van der Waals surface area contributed by atoms with Gasteiger partial charge in [0.15, 0.2) is 0 Å². The van der Waals surface area contributed by atoms with Gasteiger partial charge in [-0.05, 0) is 43.4 Å². The highest BCUT2D eigenvalue weighted by atomic mass is 16.5. The molecule has 2 aliphatic carbocycles. The maximum atomic E-state index is 11.6. The number of benzene rings is 1. The van der Waals surface area contributed by atoms with Crippen LogP contribution in [-0.4, -0.2) is 35.1 Å². The summed E-state index contributed by atoms with van der Waals surface area (Å²) in [4.78, 5) is 16.7. The summed E-state index contributed by atoms with van der Waals surface area (Å²) in [5.41, 5.74) is 4.38. The van der Waals surface area contributed by atoms with Crippen molar-refractivity contribution in [3.8, 4) is 0 Å². The second-order valence-corrected chi connectivity index (χ2v) is 7.49. The van der Waals surface area contributed by atoms with E-state index < -0.39 is 5.91 Å². The summed E-state index contributed by atoms with van der Waals surface area (Å²) in [5, 5.41) is 8.79. The average Bonchev–Trinajstić information content (AvgIpc) is 2.84. The van der Waals surface area contributed by atoms with E-state index in [2.05, 4.69) is 0 Å². The number of fused-ring (bicyclic) bond motifs is 2. The van der Waals surface area contributed by atoms with Gasteiger partial charge in [-0.1, -0.05) is 37.8 Å². The zero-order valence-corrected chi connectivity index (χ0v) is 14.5. The first-order valence-corrected chi connectivity index (χ1v) is 9.54. The van der Waals surface area contributed by atoms with Gasteiger partial charge in [-0.3, -0.25) is 15.0 Å². The lowest BCUT2D eigenvalue weighted by molar-refractivity contribution is -0.0601. The predicted octanol–water partition coefficient (Wildman–Crippen LogP) is 3.49. The Kier molecular flexibility index (Phi) is 4.86. The summed E-state index contributed by atoms with van der Waals surface area (Å²) < 4.78 is 6.54. The van der Waals surface area contributed by atoms with Crippen LogP contribution in [0.15, 0.2) is 29.3 Å². The maximum Gasteiger partial charge on any atom is 0.274 e. The SMILES string of the molecule is O=C(NO)c1ccc(C2=NC3CCCCC3OC3CCCCC23)cc1. The van der Waals surface area contributed by atoms with E-state index >= 15 is 0 Å². The molecule has 0 bridgehead atoms. The number of carbonyl (C=O) groups excluding carboxylic acids is 1. The first kappa shape index (κ1) is 16.7. The highest BCUT2D eigenvalue weighted by molar-refractivity contribution is 6.04. The Balaban J connectivity index is 1.68. The van der Waals surface area contributed by atoms with Crippen LogP contribution in [0, 0.1) is 5.92 Å². The van der Waals surface area contributed by atoms with Crippen LogP contribution in [0.2, 0.25) is 0 Å². The predicted molar refractivity (Wildman–Crippen MR) is 95.1 cm³/mol. The fourth-order valence-electron chi connectivity index (χ4n) is 4.60. The standard InChI is InChI=1S/C20H26N2O3/c23-20(22-24)14-11-9-13(10-12-14)19-15-5-1-3-7-17(15)25-18-8-4-2-6-16(18)21-19/h9-12,15-18,24H,1-8H2,(H,22,23). The Hall–Kier alpha value is -1.72. The number of hydrogen-bond donors (Lipinski definition) is 2. The average molecular weight is 342 g/mol. The van der Waals surface area contributed by atoms with Crippen molar-refractivity contribution in [3.05, 3.63) is 35.4 Å². The molecule has 0 radical (unpaired) electrons. The Bertz CT molecular complexity index is 655. The zero-order chi connectivity index (χ0) is 17.2. The van der Waals surface area contributed by atoms with Crippen LogP contribution in [0.25, 0.3) is 0 Å². The van der Waals surface area contributed by atoms with Gasteiger partial charge in [-0.2, -0.15) is 0 Å². The third kappa shape index (κ3) is 3.35. The van der Waals surface area contributed by atoms with Gasteiger partial charge in [0.2, 0.25) is 0 Å². The van der Waals surface area contributed by atoms with Crippen LogP contribution in [0.4, 0.5) is 0 Å². The van der Waals surface area contributed by atoms with Crippen LogP contribution in [-0.2, 0) is 4.74 Å². The second-order valence-electron chi connectivity index (χ2n) is 7.49. The van der Waals surface area contributed by atoms with E-state index in [0.29, 0.717) is 11.5 Å². The molecule has 25 heavy (non-hydrogen) atoms. The Morgan fingerprint density at radius 1 is 1.00 bits per heavy atom. The van der Waals surface area contributed by atoms with E-state index in [1.54, 1.807) is 17.6 Å². The number of hydroxylamine groups is 1. The first-order chi connectivity index (χ1) is 12.3. The molecule has 0 aromatic heterocycles. The quantitative estimate of drug-likeness (QED) is 0.638. The van der Waals surface area contributed by atoms with Gasteiger partial charge >= 0.3 is 0 Å². The van der Waals surface area contributed by atoms with Gasteiger partial charge in [-0.15, -0.1) is 0 Å². The van der Waals surface area contributed by atoms with Crippen molar-refractivity contribution in [1.82, 2.24) is 5.48 Å². The number of ether oxygens (including phenoxy) is 1. The molecule has 5 heteroatoms. The van der Waals surface area contributed by atoms with Gasteiger partial charge < -0.3 is 4.74 Å². The van der Waals surface area contributed by atoms with Gasteiger partial charge in [0.25, 0.3) is 5.91 Å². The van der Waals surface area contributed by atoms with E-state index in [1.165, 1.54) is 25.7 Å². The monoisotopic (exact) mass is 342 g/mol. The molecule has 4 unspecified atom stereocenters. The Morgan fingerprint density at radius 3 is 2.44 bits per heavy atom. The van der Waals surface area contributed by atoms with E-state index in [4.69, 9.17) is 14.9 Å². The molecule has 2 saturated carbocycles. The largest absolute Gasteiger partial charge is 0.372 e. The molecule has 1 aliphatic heterocycles. The number of aliphatic imine (C=N–C) groups is 1. The normalized spacial score (nSPS) is 32.0. The van der Waals surface area contributed by atoms with Crippen molar-refractivity contribution < 1.29 is 14.7 Å². The van der Waals surface area contributed by atoms with Crippen molar-refractivity contribution in [2.45, 2.75) is 69.6 Å². The van der Waals surface area contributed by atoms with Crippen molar-refractivity contribution in [1.29, 1.82) is 0 Å². The lowest BCUT2D eigenvalue weighted by Gasteiger charge is -2.34. The van der Waals surface area contributed by atoms with Crippen LogP contribution >= 0.6 is 0 Å². The fourth-order valence-corrected chi connectivity index (χ4v) is 4.60. The molecule has 1 heterocycles. The summed E-state index contributed by atoms with van der Waals surface area (Å²) in [5.74, 6) is -0.127. The molecule has 4 rings (SSSR count). The summed E-state index contributed by atoms with van der Waals surface area (Å²) >= 11 is 0. The number of nitrogens with one attached hydrogen (secondary N) is 1. The minimum absolute atomic E-state index is 0.273. The van der Waals surface area contributed by atoms with Crippen molar-refractivity contribution in [2.75, 3.05) is 0 Å². The van der Waals surface area contributed by atoms with E-state index in [1.807, 2.05) is 12.1 Å². The molecule has 1 aromatic carbocycles. The molecule has 2 fully saturated rings. The third-order valence-electron chi connectivity index (χ3n) is 5.92. The highest BCUT2D eigenvalue weighted by Crippen LogP contribution is 2.37. The first-order valence-electron chi connectivity index (χ1n) is 9.54. The molecular weight excluding hydrogens is 316 g/mol. The third-order valence-corrected chi connectivity index (χ3v) is 5.92. The zero-order valence-electron chi connectivity index (χ0n) is 14.5. The van der Waals surface area contributed by atoms with Crippen molar-refractivity contribution in [2.24, 2.45) is 10.9 Å². The number of nitrogens with zero attached hydrogens (tertiary/aromatic N) is 1. The van der Waals surface area contributed by atoms with Crippen LogP contribution in [0.5, 0.6) is 0 Å². The second kappa shape index (κ2) is 7.26. The van der Waals surface area contributed by atoms with Gasteiger partial charge in [0, 0.05) is 17.2 Å². The maximum absolute atomic E-state index is 11.6. The van der Waals surface area contributed by atoms with Gasteiger partial charge in [0.05, 0.1) is 18.2 Å². The number of carbonyl (C=O) groups is 1. The highest BCUT2D eigenvalue weighted by Gasteiger charge is 2.39. The smallest absolute Gasteiger partial charge is 0.274 e. The van der Waals surface area contributed by atoms with Crippen LogP contribution < -0.4 is 5.48 Å². The Morgan fingerprint density at radius 2 is 1.68 bits per heavy atom. The molecule has 1 aromatic rings. The minimum atomic E-state index is -0.486. The molecule has 134 valence electrons. The molecule has 2 N–H and O–H groups in total. The van der Waals surface area contributed by atoms with Crippen molar-refractivity contribution >= 4 is 11.6 Å². The number of amides is 1. The number of hydrogen-bond acceptors (Lipinski definition) is 4. The van der Waals surface area contributed by atoms with Gasteiger partial charge in [-0.25, -0.2) is 5.48 Å². The fraction of sp³-hybridized carbons (Fsp3) is 0.600. The topological polar surface area (TPSA) is 70.9 Å². The summed E-state index contributed by atoms with van der Waals surface area (Å²) in [7, 11) is 0. The summed E-state index contributed by atoms with van der Waals surface area (Å²) in [6.45, 7) is 0. The van der Waals surface area contributed by atoms with Gasteiger partial charge in [0.1, 0.15) is 0 Å². The lowest BCUT2D eigenvalue weighted by Crippen LogP contribution is -2.36. The van der Waals surface area contributed by atoms with Crippen LogP contribution in [0.3, 0.4) is 0 Å². The molecule has 0 saturated heterocycles. The Labute approximate surface area is 148 Å². The molecule has 0 spiro atoms. The van der Waals surface area contributed by atoms with E-state index in [9.17, 15) is 4.79 Å². The number of rotatable bonds is 2. The molecule has 4 atom stereocenters. The summed E-state index contributed by atoms with van der Waals surface area (Å²) in [6, 6.07) is 7.70. The van der Waals surface area contributed by atoms with Crippen LogP contribution in [0.1, 0.15) is 67.3 Å². The minimum Gasteiger partial charge on any atom is -0.372 e. The van der Waals surface area contributed by atoms with Crippen molar-refractivity contribution in [3.63, 3.8) is 0 Å². The molecular formula is C20H26N2O3. The molecule has 3 aliphatic rings. The molecule has 1 amide bonds. The van der Waals surface area contributed by atoms with E-state index in [-0.39, 0.29) is 18.2 Å². The summed E-state index contributed by atoms with van der Waals surface area (Å²) in [6.07, 6.45) is 9.97. The lowest BCUT2D eigenvalue weighted by atomic mass is 9.81.